The van der Waals surface area contributed by atoms with Gasteiger partial charge in [-0.25, -0.2) is 12.7 Å². The maximum atomic E-state index is 14.6. The summed E-state index contributed by atoms with van der Waals surface area (Å²) in [5, 5.41) is 0. The number of aliphatic imine (C=N–C) groups is 1. The van der Waals surface area contributed by atoms with Crippen LogP contribution in [0.1, 0.15) is 39.9 Å². The number of ketones is 1. The average Bonchev–Trinajstić information content (AvgIpc) is 3.19. The van der Waals surface area contributed by atoms with Crippen LogP contribution in [-0.2, 0) is 32.5 Å². The lowest BCUT2D eigenvalue weighted by Gasteiger charge is -2.39. The third-order valence-corrected chi connectivity index (χ3v) is 11.1. The van der Waals surface area contributed by atoms with Gasteiger partial charge in [0.1, 0.15) is 6.04 Å². The molecule has 0 bridgehead atoms. The molecule has 13 heteroatoms. The highest BCUT2D eigenvalue weighted by Gasteiger charge is 2.41. The average molecular weight is 755 g/mol. The van der Waals surface area contributed by atoms with Crippen LogP contribution in [0.2, 0.25) is 0 Å². The van der Waals surface area contributed by atoms with Crippen LogP contribution in [0, 0.1) is 6.92 Å². The number of sulfonamides is 1. The first-order chi connectivity index (χ1) is 26.0. The van der Waals surface area contributed by atoms with Crippen LogP contribution in [0.5, 0.6) is 17.2 Å². The molecule has 1 saturated heterocycles. The fourth-order valence-electron chi connectivity index (χ4n) is 6.32. The van der Waals surface area contributed by atoms with Gasteiger partial charge < -0.3 is 19.1 Å². The quantitative estimate of drug-likeness (QED) is 0.0744. The van der Waals surface area contributed by atoms with Crippen LogP contribution < -0.4 is 14.2 Å². The number of hydrogen-bond acceptors (Lipinski definition) is 9. The Bertz CT molecular complexity index is 2050. The second-order valence-electron chi connectivity index (χ2n) is 12.9. The minimum atomic E-state index is -4.24. The van der Waals surface area contributed by atoms with Crippen LogP contribution in [0.4, 0.5) is 0 Å². The van der Waals surface area contributed by atoms with Gasteiger partial charge in [-0.3, -0.25) is 24.3 Å². The molecule has 0 radical (unpaired) electrons. The lowest BCUT2D eigenvalue weighted by atomic mass is 10.0. The van der Waals surface area contributed by atoms with E-state index in [-0.39, 0.29) is 59.7 Å². The first-order valence-electron chi connectivity index (χ1n) is 17.6. The summed E-state index contributed by atoms with van der Waals surface area (Å²) in [6, 6.07) is 27.4. The van der Waals surface area contributed by atoms with E-state index in [4.69, 9.17) is 19.2 Å². The molecule has 1 aliphatic heterocycles. The molecule has 0 spiro atoms. The lowest BCUT2D eigenvalue weighted by Crippen LogP contribution is -2.59. The van der Waals surface area contributed by atoms with Gasteiger partial charge in [0.25, 0.3) is 27.6 Å². The van der Waals surface area contributed by atoms with Crippen LogP contribution in [-0.4, -0.2) is 100 Å². The Hall–Kier alpha value is -5.69. The molecule has 4 aromatic carbocycles. The molecule has 0 saturated carbocycles. The molecule has 0 unspecified atom stereocenters. The summed E-state index contributed by atoms with van der Waals surface area (Å²) in [6.07, 6.45) is 1.51. The summed E-state index contributed by atoms with van der Waals surface area (Å²) in [7, 11) is 1.38. The van der Waals surface area contributed by atoms with Crippen LogP contribution in [0.25, 0.3) is 0 Å². The number of hydrogen-bond donors (Lipinski definition) is 0. The molecule has 0 N–H and O–H groups in total. The van der Waals surface area contributed by atoms with Gasteiger partial charge in [-0.2, -0.15) is 0 Å². The highest BCUT2D eigenvalue weighted by molar-refractivity contribution is 7.89. The number of aryl methyl sites for hydroxylation is 1. The van der Waals surface area contributed by atoms with E-state index in [1.54, 1.807) is 24.3 Å². The topological polar surface area (TPSA) is 135 Å². The van der Waals surface area contributed by atoms with E-state index in [0.717, 1.165) is 21.6 Å². The number of benzene rings is 4. The molecular weight excluding hydrogens is 709 g/mol. The van der Waals surface area contributed by atoms with Crippen molar-refractivity contribution in [3.05, 3.63) is 119 Å². The predicted molar refractivity (Wildman–Crippen MR) is 206 cm³/mol. The van der Waals surface area contributed by atoms with Crippen molar-refractivity contribution >= 4 is 33.6 Å². The normalized spacial score (nSPS) is 14.7. The summed E-state index contributed by atoms with van der Waals surface area (Å²) >= 11 is 0. The van der Waals surface area contributed by atoms with E-state index in [0.29, 0.717) is 19.3 Å². The van der Waals surface area contributed by atoms with E-state index in [2.05, 4.69) is 0 Å². The summed E-state index contributed by atoms with van der Waals surface area (Å²) < 4.78 is 46.5. The molecule has 0 aromatic heterocycles. The summed E-state index contributed by atoms with van der Waals surface area (Å²) in [4.78, 5) is 49.3. The van der Waals surface area contributed by atoms with Gasteiger partial charge in [0, 0.05) is 32.2 Å². The number of piperidine rings is 1. The number of ether oxygens (including phenoxy) is 3. The third kappa shape index (κ3) is 8.91. The maximum Gasteiger partial charge on any atom is 0.295 e. The molecule has 1 aliphatic rings. The largest absolute Gasteiger partial charge is 0.493 e. The van der Waals surface area contributed by atoms with Gasteiger partial charge in [0.15, 0.2) is 11.5 Å². The number of rotatable bonds is 14. The minimum Gasteiger partial charge on any atom is -0.493 e. The monoisotopic (exact) mass is 754 g/mol. The molecule has 12 nitrogen and oxygen atoms in total. The van der Waals surface area contributed by atoms with Crippen molar-refractivity contribution < 1.29 is 37.0 Å². The van der Waals surface area contributed by atoms with E-state index in [9.17, 15) is 22.8 Å². The second kappa shape index (κ2) is 17.9. The van der Waals surface area contributed by atoms with Crippen molar-refractivity contribution in [2.75, 3.05) is 48.0 Å². The number of methoxy groups -OCH3 is 3. The number of carbonyl (C=O) groups excluding carboxylic acids is 3. The Morgan fingerprint density at radius 3 is 1.96 bits per heavy atom. The van der Waals surface area contributed by atoms with Gasteiger partial charge in [0.05, 0.1) is 26.2 Å². The van der Waals surface area contributed by atoms with Gasteiger partial charge >= 0.3 is 0 Å². The van der Waals surface area contributed by atoms with E-state index < -0.39 is 33.7 Å². The fourth-order valence-corrected chi connectivity index (χ4v) is 7.76. The summed E-state index contributed by atoms with van der Waals surface area (Å²) in [6.45, 7) is 2.21. The fraction of sp³-hybridized carbons (Fsp3) is 0.317. The van der Waals surface area contributed by atoms with Crippen molar-refractivity contribution in [2.24, 2.45) is 4.99 Å². The zero-order valence-corrected chi connectivity index (χ0v) is 32.0. The highest BCUT2D eigenvalue weighted by atomic mass is 32.2. The van der Waals surface area contributed by atoms with Crippen LogP contribution in [0.3, 0.4) is 0 Å². The van der Waals surface area contributed by atoms with Crippen molar-refractivity contribution in [3.8, 4) is 17.2 Å². The number of likely N-dealkylation sites (tertiary alicyclic amines) is 1. The summed E-state index contributed by atoms with van der Waals surface area (Å²) in [5.74, 6) is -1.75. The number of amides is 2. The smallest absolute Gasteiger partial charge is 0.295 e. The number of nitrogens with zero attached hydrogens (tertiary/aromatic N) is 4. The molecule has 4 aromatic rings. The molecule has 1 atom stereocenters. The third-order valence-electron chi connectivity index (χ3n) is 9.34. The molecule has 1 fully saturated rings. The molecule has 5 rings (SSSR count). The van der Waals surface area contributed by atoms with Crippen molar-refractivity contribution in [1.29, 1.82) is 0 Å². The van der Waals surface area contributed by atoms with E-state index in [1.165, 1.54) is 49.7 Å². The molecular formula is C41H46N4O8S. The number of likely N-dealkylation sites (N-methyl/N-ethyl adjacent to an activating group) is 1. The lowest BCUT2D eigenvalue weighted by molar-refractivity contribution is -0.142. The Kier molecular flexibility index (Phi) is 13.1. The SMILES string of the molecule is COc1cc(C(=O)C(=O)N(C)[C@H]2CCCN(C(=NCCc3ccccc3)N(CCc3ccccc3)S(=O)(=O)c3ccc(C)cc3)C2=O)cc(OC)c1OC. The van der Waals surface area contributed by atoms with E-state index >= 15 is 0 Å². The first kappa shape index (κ1) is 39.5. The second-order valence-corrected chi connectivity index (χ2v) is 14.7. The van der Waals surface area contributed by atoms with Gasteiger partial charge in [-0.15, -0.1) is 0 Å². The zero-order chi connectivity index (χ0) is 38.8. The zero-order valence-electron chi connectivity index (χ0n) is 31.2. The van der Waals surface area contributed by atoms with Crippen molar-refractivity contribution in [1.82, 2.24) is 14.1 Å². The Morgan fingerprint density at radius 2 is 1.41 bits per heavy atom. The first-order valence-corrected chi connectivity index (χ1v) is 19.1. The van der Waals surface area contributed by atoms with Gasteiger partial charge in [-0.1, -0.05) is 78.4 Å². The molecule has 2 amide bonds. The Labute approximate surface area is 317 Å². The van der Waals surface area contributed by atoms with Crippen LogP contribution in [0.15, 0.2) is 107 Å². The van der Waals surface area contributed by atoms with Gasteiger partial charge in [0.2, 0.25) is 11.7 Å². The molecule has 284 valence electrons. The standard InChI is InChI=1S/C41H46N4O8S/c1-29-18-20-33(21-19-29)54(49,50)45(26-23-31-15-10-7-11-16-31)41(42-24-22-30-13-8-6-9-14-30)44-25-12-17-34(39(44)47)43(2)40(48)37(46)32-27-35(51-3)38(53-5)36(28-32)52-4/h6-11,13-16,18-21,27-28,34H,12,17,22-26H2,1-5H3/t34-/m0/s1. The van der Waals surface area contributed by atoms with Crippen molar-refractivity contribution in [2.45, 2.75) is 43.5 Å². The maximum absolute atomic E-state index is 14.6. The highest BCUT2D eigenvalue weighted by Crippen LogP contribution is 2.38. The predicted octanol–water partition coefficient (Wildman–Crippen LogP) is 5.19. The molecule has 54 heavy (non-hydrogen) atoms. The molecule has 1 heterocycles. The van der Waals surface area contributed by atoms with Crippen molar-refractivity contribution in [3.63, 3.8) is 0 Å². The Balaban J connectivity index is 1.51. The molecule has 0 aliphatic carbocycles. The number of Topliss-reactive ketones (excluding diaryl/α,β-unsaturated/α-hetero) is 1. The van der Waals surface area contributed by atoms with E-state index in [1.807, 2.05) is 67.6 Å². The number of carbonyl (C=O) groups is 3. The van der Waals surface area contributed by atoms with Crippen LogP contribution >= 0.6 is 0 Å². The summed E-state index contributed by atoms with van der Waals surface area (Å²) in [5.41, 5.74) is 2.78. The minimum absolute atomic E-state index is 0.00671. The Morgan fingerprint density at radius 1 is 0.833 bits per heavy atom. The van der Waals surface area contributed by atoms with Gasteiger partial charge in [-0.05, 0) is 68.0 Å². The number of guanidine groups is 1.